The average Bonchev–Trinajstić information content (AvgIpc) is 2.50. The standard InChI is InChI=1S/C10H15NS/c1-7-3-8(6-12-7)10(2)4-9(10)5-11/h3,6,9H,4-5,11H2,1-2H3. The van der Waals surface area contributed by atoms with Crippen LogP contribution in [0.5, 0.6) is 0 Å². The maximum atomic E-state index is 5.66. The predicted octanol–water partition coefficient (Wildman–Crippen LogP) is 2.29. The Morgan fingerprint density at radius 1 is 1.75 bits per heavy atom. The lowest BCUT2D eigenvalue weighted by Crippen LogP contribution is -2.10. The molecule has 1 nitrogen and oxygen atoms in total. The zero-order valence-electron chi connectivity index (χ0n) is 7.63. The molecule has 1 aliphatic carbocycles. The van der Waals surface area contributed by atoms with Crippen LogP contribution >= 0.6 is 11.3 Å². The van der Waals surface area contributed by atoms with E-state index >= 15 is 0 Å². The largest absolute Gasteiger partial charge is 0.330 e. The number of rotatable bonds is 2. The summed E-state index contributed by atoms with van der Waals surface area (Å²) >= 11 is 1.84. The molecule has 0 bridgehead atoms. The number of hydrogen-bond acceptors (Lipinski definition) is 2. The van der Waals surface area contributed by atoms with Gasteiger partial charge in [-0.25, -0.2) is 0 Å². The number of aryl methyl sites for hydroxylation is 1. The van der Waals surface area contributed by atoms with Gasteiger partial charge in [0.2, 0.25) is 0 Å². The Balaban J connectivity index is 2.22. The Bertz CT molecular complexity index is 292. The van der Waals surface area contributed by atoms with Crippen LogP contribution in [0.1, 0.15) is 23.8 Å². The van der Waals surface area contributed by atoms with Crippen molar-refractivity contribution in [2.45, 2.75) is 25.7 Å². The Morgan fingerprint density at radius 2 is 2.50 bits per heavy atom. The zero-order valence-corrected chi connectivity index (χ0v) is 8.45. The Kier molecular flexibility index (Phi) is 1.77. The first-order valence-corrected chi connectivity index (χ1v) is 5.30. The molecule has 1 saturated carbocycles. The summed E-state index contributed by atoms with van der Waals surface area (Å²) in [6.07, 6.45) is 1.28. The maximum Gasteiger partial charge on any atom is 0.00172 e. The minimum atomic E-state index is 0.416. The molecule has 1 aliphatic rings. The van der Waals surface area contributed by atoms with E-state index in [9.17, 15) is 0 Å². The van der Waals surface area contributed by atoms with Crippen LogP contribution in [0.15, 0.2) is 11.4 Å². The van der Waals surface area contributed by atoms with Crippen molar-refractivity contribution in [3.8, 4) is 0 Å². The second-order valence-corrected chi connectivity index (χ2v) is 5.12. The van der Waals surface area contributed by atoms with Crippen LogP contribution in [0, 0.1) is 12.8 Å². The van der Waals surface area contributed by atoms with Gasteiger partial charge in [-0.3, -0.25) is 0 Å². The SMILES string of the molecule is Cc1cc(C2(C)CC2CN)cs1. The van der Waals surface area contributed by atoms with Crippen molar-refractivity contribution >= 4 is 11.3 Å². The van der Waals surface area contributed by atoms with Gasteiger partial charge in [0.15, 0.2) is 0 Å². The summed E-state index contributed by atoms with van der Waals surface area (Å²) < 4.78 is 0. The molecule has 0 amide bonds. The van der Waals surface area contributed by atoms with Crippen molar-refractivity contribution < 1.29 is 0 Å². The van der Waals surface area contributed by atoms with Crippen molar-refractivity contribution in [3.63, 3.8) is 0 Å². The van der Waals surface area contributed by atoms with Gasteiger partial charge in [-0.2, -0.15) is 0 Å². The molecule has 0 saturated heterocycles. The predicted molar refractivity (Wildman–Crippen MR) is 53.6 cm³/mol. The van der Waals surface area contributed by atoms with E-state index in [-0.39, 0.29) is 0 Å². The molecule has 2 N–H and O–H groups in total. The van der Waals surface area contributed by atoms with E-state index < -0.39 is 0 Å². The quantitative estimate of drug-likeness (QED) is 0.744. The first-order chi connectivity index (χ1) is 5.66. The highest BCUT2D eigenvalue weighted by atomic mass is 32.1. The molecule has 0 spiro atoms. The van der Waals surface area contributed by atoms with E-state index in [1.807, 2.05) is 11.3 Å². The minimum Gasteiger partial charge on any atom is -0.330 e. The lowest BCUT2D eigenvalue weighted by molar-refractivity contribution is 0.668. The van der Waals surface area contributed by atoms with Crippen LogP contribution in [0.3, 0.4) is 0 Å². The molecular formula is C10H15NS. The molecule has 1 fully saturated rings. The smallest absolute Gasteiger partial charge is 0.00172 e. The number of thiophene rings is 1. The lowest BCUT2D eigenvalue weighted by Gasteiger charge is -2.06. The maximum absolute atomic E-state index is 5.66. The van der Waals surface area contributed by atoms with Crippen LogP contribution in [-0.2, 0) is 5.41 Å². The molecule has 1 aromatic rings. The summed E-state index contributed by atoms with van der Waals surface area (Å²) in [5.74, 6) is 0.728. The fourth-order valence-electron chi connectivity index (χ4n) is 1.89. The van der Waals surface area contributed by atoms with Gasteiger partial charge in [-0.1, -0.05) is 6.92 Å². The molecule has 2 unspecified atom stereocenters. The van der Waals surface area contributed by atoms with Crippen molar-refractivity contribution in [2.75, 3.05) is 6.54 Å². The van der Waals surface area contributed by atoms with Gasteiger partial charge in [0.1, 0.15) is 0 Å². The van der Waals surface area contributed by atoms with Gasteiger partial charge in [0, 0.05) is 4.88 Å². The third-order valence-corrected chi connectivity index (χ3v) is 3.95. The second-order valence-electron chi connectivity index (χ2n) is 4.00. The topological polar surface area (TPSA) is 26.0 Å². The van der Waals surface area contributed by atoms with Crippen LogP contribution in [0.4, 0.5) is 0 Å². The van der Waals surface area contributed by atoms with Crippen LogP contribution < -0.4 is 5.73 Å². The van der Waals surface area contributed by atoms with E-state index in [1.54, 1.807) is 0 Å². The van der Waals surface area contributed by atoms with Gasteiger partial charge in [-0.15, -0.1) is 11.3 Å². The van der Waals surface area contributed by atoms with Crippen LogP contribution in [0.2, 0.25) is 0 Å². The number of hydrogen-bond donors (Lipinski definition) is 1. The first kappa shape index (κ1) is 8.27. The van der Waals surface area contributed by atoms with Crippen molar-refractivity contribution in [1.82, 2.24) is 0 Å². The molecule has 1 heterocycles. The second kappa shape index (κ2) is 2.57. The molecule has 2 atom stereocenters. The highest BCUT2D eigenvalue weighted by Gasteiger charge is 2.50. The van der Waals surface area contributed by atoms with Crippen LogP contribution in [0.25, 0.3) is 0 Å². The summed E-state index contributed by atoms with van der Waals surface area (Å²) in [6.45, 7) is 5.33. The monoisotopic (exact) mass is 181 g/mol. The van der Waals surface area contributed by atoms with E-state index in [4.69, 9.17) is 5.73 Å². The molecule has 66 valence electrons. The van der Waals surface area contributed by atoms with Crippen molar-refractivity contribution in [2.24, 2.45) is 11.7 Å². The molecule has 0 radical (unpaired) electrons. The Hall–Kier alpha value is -0.340. The molecule has 2 heteroatoms. The average molecular weight is 181 g/mol. The third kappa shape index (κ3) is 1.10. The highest BCUT2D eigenvalue weighted by molar-refractivity contribution is 7.10. The van der Waals surface area contributed by atoms with Gasteiger partial charge < -0.3 is 5.73 Å². The fraction of sp³-hybridized carbons (Fsp3) is 0.600. The lowest BCUT2D eigenvalue weighted by atomic mass is 9.98. The molecule has 12 heavy (non-hydrogen) atoms. The summed E-state index contributed by atoms with van der Waals surface area (Å²) in [6, 6.07) is 2.31. The highest BCUT2D eigenvalue weighted by Crippen LogP contribution is 2.54. The van der Waals surface area contributed by atoms with Gasteiger partial charge in [-0.05, 0) is 48.2 Å². The van der Waals surface area contributed by atoms with E-state index in [0.29, 0.717) is 5.41 Å². The summed E-state index contributed by atoms with van der Waals surface area (Å²) in [7, 11) is 0. The van der Waals surface area contributed by atoms with E-state index in [0.717, 1.165) is 12.5 Å². The third-order valence-electron chi connectivity index (χ3n) is 3.09. The molecule has 2 rings (SSSR count). The summed E-state index contributed by atoms with van der Waals surface area (Å²) in [5, 5.41) is 2.28. The van der Waals surface area contributed by atoms with Gasteiger partial charge >= 0.3 is 0 Å². The Morgan fingerprint density at radius 3 is 2.92 bits per heavy atom. The fourth-order valence-corrected chi connectivity index (χ4v) is 2.74. The van der Waals surface area contributed by atoms with Gasteiger partial charge in [0.05, 0.1) is 0 Å². The van der Waals surface area contributed by atoms with Crippen molar-refractivity contribution in [3.05, 3.63) is 21.9 Å². The molecule has 1 aromatic heterocycles. The van der Waals surface area contributed by atoms with Gasteiger partial charge in [0.25, 0.3) is 0 Å². The number of nitrogens with two attached hydrogens (primary N) is 1. The van der Waals surface area contributed by atoms with E-state index in [2.05, 4.69) is 25.3 Å². The summed E-state index contributed by atoms with van der Waals surface area (Å²) in [5.41, 5.74) is 7.57. The normalized spacial score (nSPS) is 33.8. The Labute approximate surface area is 77.6 Å². The molecule has 0 aliphatic heterocycles. The summed E-state index contributed by atoms with van der Waals surface area (Å²) in [4.78, 5) is 1.41. The molecule has 0 aromatic carbocycles. The zero-order chi connectivity index (χ0) is 8.77. The van der Waals surface area contributed by atoms with Crippen molar-refractivity contribution in [1.29, 1.82) is 0 Å². The van der Waals surface area contributed by atoms with E-state index in [1.165, 1.54) is 16.9 Å². The molecular weight excluding hydrogens is 166 g/mol. The van der Waals surface area contributed by atoms with Crippen LogP contribution in [-0.4, -0.2) is 6.54 Å². The minimum absolute atomic E-state index is 0.416. The first-order valence-electron chi connectivity index (χ1n) is 4.42.